The standard InChI is InChI=1S/C20H21N5O4S/c1-4-10-29-14-7-6-13(11-15(14)28-3)18(26)24-25-19(27)16-12(2)23-20(30-16)17-21-8-5-9-22-17/h5-9,11H,4,10H2,1-3H3,(H,24,26)(H,25,27). The highest BCUT2D eigenvalue weighted by molar-refractivity contribution is 7.17. The molecular weight excluding hydrogens is 406 g/mol. The Balaban J connectivity index is 1.66. The van der Waals surface area contributed by atoms with Crippen LogP contribution in [0.15, 0.2) is 36.7 Å². The number of aromatic nitrogens is 3. The number of rotatable bonds is 7. The zero-order valence-corrected chi connectivity index (χ0v) is 17.6. The Morgan fingerprint density at radius 1 is 1.10 bits per heavy atom. The number of methoxy groups -OCH3 is 1. The summed E-state index contributed by atoms with van der Waals surface area (Å²) in [6.07, 6.45) is 4.06. The van der Waals surface area contributed by atoms with E-state index in [1.807, 2.05) is 6.92 Å². The molecule has 0 fully saturated rings. The van der Waals surface area contributed by atoms with Crippen LogP contribution in [0.25, 0.3) is 10.8 Å². The fourth-order valence-electron chi connectivity index (χ4n) is 2.49. The maximum absolute atomic E-state index is 12.5. The SMILES string of the molecule is CCCOc1ccc(C(=O)NNC(=O)c2sc(-c3ncccn3)nc2C)cc1OC. The van der Waals surface area contributed by atoms with Gasteiger partial charge in [0.15, 0.2) is 22.3 Å². The number of nitrogens with zero attached hydrogens (tertiary/aromatic N) is 3. The Morgan fingerprint density at radius 3 is 2.53 bits per heavy atom. The monoisotopic (exact) mass is 427 g/mol. The van der Waals surface area contributed by atoms with Crippen molar-refractivity contribution in [3.8, 4) is 22.3 Å². The van der Waals surface area contributed by atoms with E-state index in [1.165, 1.54) is 7.11 Å². The van der Waals surface area contributed by atoms with Gasteiger partial charge in [-0.3, -0.25) is 20.4 Å². The van der Waals surface area contributed by atoms with Crippen LogP contribution in [0.2, 0.25) is 0 Å². The summed E-state index contributed by atoms with van der Waals surface area (Å²) in [5.41, 5.74) is 5.65. The zero-order chi connectivity index (χ0) is 21.5. The number of amides is 2. The van der Waals surface area contributed by atoms with Crippen LogP contribution in [0.4, 0.5) is 0 Å². The third-order valence-corrected chi connectivity index (χ3v) is 5.09. The van der Waals surface area contributed by atoms with E-state index in [2.05, 4.69) is 25.8 Å². The molecule has 0 saturated heterocycles. The molecule has 0 radical (unpaired) electrons. The number of hydrogen-bond donors (Lipinski definition) is 2. The van der Waals surface area contributed by atoms with Gasteiger partial charge in [0.25, 0.3) is 11.8 Å². The van der Waals surface area contributed by atoms with E-state index < -0.39 is 11.8 Å². The maximum Gasteiger partial charge on any atom is 0.281 e. The van der Waals surface area contributed by atoms with Crippen molar-refractivity contribution in [3.63, 3.8) is 0 Å². The van der Waals surface area contributed by atoms with Gasteiger partial charge in [0.1, 0.15) is 4.88 Å². The van der Waals surface area contributed by atoms with Gasteiger partial charge in [-0.2, -0.15) is 0 Å². The number of ether oxygens (including phenoxy) is 2. The van der Waals surface area contributed by atoms with Crippen molar-refractivity contribution in [2.75, 3.05) is 13.7 Å². The number of hydrazine groups is 1. The van der Waals surface area contributed by atoms with E-state index in [0.717, 1.165) is 17.8 Å². The Labute approximate surface area is 177 Å². The number of carbonyl (C=O) groups is 2. The molecule has 2 N–H and O–H groups in total. The van der Waals surface area contributed by atoms with Crippen molar-refractivity contribution in [1.82, 2.24) is 25.8 Å². The molecule has 2 amide bonds. The van der Waals surface area contributed by atoms with Crippen molar-refractivity contribution >= 4 is 23.2 Å². The van der Waals surface area contributed by atoms with Crippen LogP contribution in [0.5, 0.6) is 11.5 Å². The molecular formula is C20H21N5O4S. The van der Waals surface area contributed by atoms with Gasteiger partial charge < -0.3 is 9.47 Å². The van der Waals surface area contributed by atoms with Crippen molar-refractivity contribution in [3.05, 3.63) is 52.8 Å². The molecule has 0 spiro atoms. The Hall–Kier alpha value is -3.53. The van der Waals surface area contributed by atoms with Crippen LogP contribution in [0.3, 0.4) is 0 Å². The van der Waals surface area contributed by atoms with Crippen LogP contribution in [-0.2, 0) is 0 Å². The molecule has 3 aromatic rings. The molecule has 30 heavy (non-hydrogen) atoms. The summed E-state index contributed by atoms with van der Waals surface area (Å²) < 4.78 is 10.9. The number of hydrogen-bond acceptors (Lipinski definition) is 8. The third kappa shape index (κ3) is 4.90. The van der Waals surface area contributed by atoms with E-state index in [1.54, 1.807) is 43.6 Å². The van der Waals surface area contributed by atoms with Gasteiger partial charge in [0.2, 0.25) is 0 Å². The largest absolute Gasteiger partial charge is 0.493 e. The first-order valence-electron chi connectivity index (χ1n) is 9.19. The highest BCUT2D eigenvalue weighted by Crippen LogP contribution is 2.28. The van der Waals surface area contributed by atoms with Gasteiger partial charge in [0.05, 0.1) is 19.4 Å². The second-order valence-electron chi connectivity index (χ2n) is 6.13. The minimum atomic E-state index is -0.488. The number of carbonyl (C=O) groups excluding carboxylic acids is 2. The average Bonchev–Trinajstić information content (AvgIpc) is 3.18. The summed E-state index contributed by atoms with van der Waals surface area (Å²) in [5, 5.41) is 0.525. The molecule has 9 nitrogen and oxygen atoms in total. The van der Waals surface area contributed by atoms with E-state index in [4.69, 9.17) is 9.47 Å². The van der Waals surface area contributed by atoms with E-state index in [-0.39, 0.29) is 0 Å². The quantitative estimate of drug-likeness (QED) is 0.557. The first-order chi connectivity index (χ1) is 14.5. The second-order valence-corrected chi connectivity index (χ2v) is 7.13. The van der Waals surface area contributed by atoms with Crippen molar-refractivity contribution in [2.24, 2.45) is 0 Å². The minimum absolute atomic E-state index is 0.315. The lowest BCUT2D eigenvalue weighted by Gasteiger charge is -2.12. The molecule has 0 bridgehead atoms. The fourth-order valence-corrected chi connectivity index (χ4v) is 3.40. The summed E-state index contributed by atoms with van der Waals surface area (Å²) in [7, 11) is 1.50. The van der Waals surface area contributed by atoms with E-state index in [9.17, 15) is 9.59 Å². The molecule has 0 aliphatic rings. The normalized spacial score (nSPS) is 10.4. The Morgan fingerprint density at radius 2 is 1.83 bits per heavy atom. The lowest BCUT2D eigenvalue weighted by molar-refractivity contribution is 0.0848. The number of aryl methyl sites for hydroxylation is 1. The molecule has 1 aromatic carbocycles. The predicted molar refractivity (Wildman–Crippen MR) is 112 cm³/mol. The molecule has 0 saturated carbocycles. The lowest BCUT2D eigenvalue weighted by Crippen LogP contribution is -2.41. The summed E-state index contributed by atoms with van der Waals surface area (Å²) in [4.78, 5) is 37.9. The molecule has 2 heterocycles. The fraction of sp³-hybridized carbons (Fsp3) is 0.250. The lowest BCUT2D eigenvalue weighted by atomic mass is 10.2. The first kappa shape index (κ1) is 21.2. The Kier molecular flexibility index (Phi) is 6.91. The Bertz CT molecular complexity index is 1040. The van der Waals surface area contributed by atoms with Crippen molar-refractivity contribution < 1.29 is 19.1 Å². The molecule has 0 unspecified atom stereocenters. The molecule has 0 aliphatic carbocycles. The molecule has 2 aromatic heterocycles. The van der Waals surface area contributed by atoms with Crippen LogP contribution in [0.1, 0.15) is 39.1 Å². The molecule has 0 atom stereocenters. The highest BCUT2D eigenvalue weighted by Gasteiger charge is 2.18. The highest BCUT2D eigenvalue weighted by atomic mass is 32.1. The van der Waals surface area contributed by atoms with Crippen LogP contribution >= 0.6 is 11.3 Å². The number of thiazole rings is 1. The van der Waals surface area contributed by atoms with Crippen molar-refractivity contribution in [1.29, 1.82) is 0 Å². The summed E-state index contributed by atoms with van der Waals surface area (Å²) >= 11 is 1.15. The zero-order valence-electron chi connectivity index (χ0n) is 16.8. The average molecular weight is 427 g/mol. The second kappa shape index (κ2) is 9.79. The van der Waals surface area contributed by atoms with Gasteiger partial charge in [-0.25, -0.2) is 15.0 Å². The summed E-state index contributed by atoms with van der Waals surface area (Å²) in [6.45, 7) is 4.25. The van der Waals surface area contributed by atoms with E-state index >= 15 is 0 Å². The third-order valence-electron chi connectivity index (χ3n) is 3.94. The minimum Gasteiger partial charge on any atom is -0.493 e. The van der Waals surface area contributed by atoms with Crippen LogP contribution in [0, 0.1) is 6.92 Å². The smallest absolute Gasteiger partial charge is 0.281 e. The maximum atomic E-state index is 12.5. The molecule has 3 rings (SSSR count). The van der Waals surface area contributed by atoms with Crippen LogP contribution in [-0.4, -0.2) is 40.5 Å². The molecule has 156 valence electrons. The van der Waals surface area contributed by atoms with E-state index in [0.29, 0.717) is 45.1 Å². The number of benzene rings is 1. The molecule has 0 aliphatic heterocycles. The summed E-state index contributed by atoms with van der Waals surface area (Å²) in [6, 6.07) is 6.50. The molecule has 10 heteroatoms. The van der Waals surface area contributed by atoms with Gasteiger partial charge in [-0.1, -0.05) is 6.92 Å². The van der Waals surface area contributed by atoms with Gasteiger partial charge >= 0.3 is 0 Å². The van der Waals surface area contributed by atoms with Gasteiger partial charge in [-0.15, -0.1) is 11.3 Å². The van der Waals surface area contributed by atoms with Gasteiger partial charge in [-0.05, 0) is 37.6 Å². The topological polar surface area (TPSA) is 115 Å². The number of nitrogens with one attached hydrogen (secondary N) is 2. The first-order valence-corrected chi connectivity index (χ1v) is 10.0. The summed E-state index contributed by atoms with van der Waals surface area (Å²) in [5.74, 6) is 0.461. The predicted octanol–water partition coefficient (Wildman–Crippen LogP) is 2.78. The van der Waals surface area contributed by atoms with Crippen LogP contribution < -0.4 is 20.3 Å². The van der Waals surface area contributed by atoms with Crippen molar-refractivity contribution in [2.45, 2.75) is 20.3 Å². The van der Waals surface area contributed by atoms with Gasteiger partial charge in [0, 0.05) is 18.0 Å².